The maximum absolute atomic E-state index is 12.5. The van der Waals surface area contributed by atoms with Crippen LogP contribution >= 0.6 is 0 Å². The molecule has 124 valence electrons. The van der Waals surface area contributed by atoms with Gasteiger partial charge in [0.15, 0.2) is 0 Å². The van der Waals surface area contributed by atoms with Crippen molar-refractivity contribution in [3.05, 3.63) is 35.4 Å². The van der Waals surface area contributed by atoms with Gasteiger partial charge in [0.1, 0.15) is 0 Å². The number of likely N-dealkylation sites (tertiary alicyclic amines) is 1. The van der Waals surface area contributed by atoms with Crippen molar-refractivity contribution >= 4 is 12.0 Å². The van der Waals surface area contributed by atoms with Crippen LogP contribution in [0.4, 0.5) is 4.79 Å². The highest BCUT2D eigenvalue weighted by atomic mass is 16.4. The first-order valence-electron chi connectivity index (χ1n) is 8.43. The number of carboxylic acids is 1. The summed E-state index contributed by atoms with van der Waals surface area (Å²) in [6, 6.07) is 8.18. The SMILES string of the molecule is CC1CCC(NC(=O)N2CCCC(C(=O)O)C2)c2ccccc21. The van der Waals surface area contributed by atoms with Crippen molar-refractivity contribution in [1.29, 1.82) is 0 Å². The number of fused-ring (bicyclic) bond motifs is 1. The van der Waals surface area contributed by atoms with Crippen LogP contribution in [0.2, 0.25) is 0 Å². The van der Waals surface area contributed by atoms with E-state index >= 15 is 0 Å². The third kappa shape index (κ3) is 3.33. The van der Waals surface area contributed by atoms with Crippen LogP contribution < -0.4 is 5.32 Å². The van der Waals surface area contributed by atoms with Gasteiger partial charge in [0, 0.05) is 13.1 Å². The first-order chi connectivity index (χ1) is 11.1. The number of carbonyl (C=O) groups is 2. The summed E-state index contributed by atoms with van der Waals surface area (Å²) in [6.07, 6.45) is 3.39. The molecule has 0 radical (unpaired) electrons. The molecule has 5 nitrogen and oxygen atoms in total. The number of benzene rings is 1. The normalized spacial score (nSPS) is 27.2. The Balaban J connectivity index is 1.69. The fourth-order valence-corrected chi connectivity index (χ4v) is 3.76. The third-order valence-electron chi connectivity index (χ3n) is 5.15. The highest BCUT2D eigenvalue weighted by Crippen LogP contribution is 2.37. The second-order valence-corrected chi connectivity index (χ2v) is 6.73. The van der Waals surface area contributed by atoms with E-state index in [2.05, 4.69) is 24.4 Å². The summed E-state index contributed by atoms with van der Waals surface area (Å²) in [4.78, 5) is 25.4. The lowest BCUT2D eigenvalue weighted by molar-refractivity contribution is -0.143. The van der Waals surface area contributed by atoms with E-state index in [9.17, 15) is 9.59 Å². The number of nitrogens with zero attached hydrogens (tertiary/aromatic N) is 1. The molecule has 1 aromatic rings. The summed E-state index contributed by atoms with van der Waals surface area (Å²) in [5, 5.41) is 12.3. The molecule has 3 atom stereocenters. The number of hydrogen-bond acceptors (Lipinski definition) is 2. The Kier molecular flexibility index (Phi) is 4.55. The summed E-state index contributed by atoms with van der Waals surface area (Å²) in [6.45, 7) is 3.17. The monoisotopic (exact) mass is 316 g/mol. The number of hydrogen-bond donors (Lipinski definition) is 2. The second-order valence-electron chi connectivity index (χ2n) is 6.73. The maximum Gasteiger partial charge on any atom is 0.317 e. The van der Waals surface area contributed by atoms with Crippen LogP contribution in [0.3, 0.4) is 0 Å². The van der Waals surface area contributed by atoms with E-state index < -0.39 is 11.9 Å². The molecular weight excluding hydrogens is 292 g/mol. The number of carbonyl (C=O) groups excluding carboxylic acids is 1. The van der Waals surface area contributed by atoms with E-state index in [1.165, 1.54) is 11.1 Å². The minimum absolute atomic E-state index is 0.0279. The highest BCUT2D eigenvalue weighted by molar-refractivity contribution is 5.77. The number of nitrogens with one attached hydrogen (secondary N) is 1. The quantitative estimate of drug-likeness (QED) is 0.880. The number of amides is 2. The van der Waals surface area contributed by atoms with Crippen LogP contribution in [0.25, 0.3) is 0 Å². The van der Waals surface area contributed by atoms with Crippen molar-refractivity contribution in [2.45, 2.75) is 44.6 Å². The van der Waals surface area contributed by atoms with Gasteiger partial charge in [0.2, 0.25) is 0 Å². The average Bonchev–Trinajstić information content (AvgIpc) is 2.57. The zero-order valence-electron chi connectivity index (χ0n) is 13.5. The van der Waals surface area contributed by atoms with E-state index in [0.717, 1.165) is 19.3 Å². The lowest BCUT2D eigenvalue weighted by atomic mass is 9.81. The van der Waals surface area contributed by atoms with Crippen LogP contribution in [0, 0.1) is 5.92 Å². The number of carboxylic acid groups (broad SMARTS) is 1. The first-order valence-corrected chi connectivity index (χ1v) is 8.43. The zero-order chi connectivity index (χ0) is 16.4. The zero-order valence-corrected chi connectivity index (χ0v) is 13.5. The Labute approximate surface area is 136 Å². The first kappa shape index (κ1) is 15.8. The van der Waals surface area contributed by atoms with Crippen molar-refractivity contribution in [1.82, 2.24) is 10.2 Å². The minimum atomic E-state index is -0.806. The molecule has 0 aromatic heterocycles. The van der Waals surface area contributed by atoms with Crippen molar-refractivity contribution in [3.8, 4) is 0 Å². The van der Waals surface area contributed by atoms with Gasteiger partial charge in [-0.3, -0.25) is 4.79 Å². The maximum atomic E-state index is 12.5. The molecule has 0 bridgehead atoms. The summed E-state index contributed by atoms with van der Waals surface area (Å²) >= 11 is 0. The van der Waals surface area contributed by atoms with Crippen LogP contribution in [0.15, 0.2) is 24.3 Å². The largest absolute Gasteiger partial charge is 0.481 e. The summed E-state index contributed by atoms with van der Waals surface area (Å²) in [5.41, 5.74) is 2.51. The number of aliphatic carboxylic acids is 1. The molecule has 3 unspecified atom stereocenters. The van der Waals surface area contributed by atoms with Gasteiger partial charge in [-0.15, -0.1) is 0 Å². The molecule has 1 aliphatic heterocycles. The van der Waals surface area contributed by atoms with Gasteiger partial charge in [-0.1, -0.05) is 31.2 Å². The lowest BCUT2D eigenvalue weighted by Crippen LogP contribution is -2.48. The molecule has 5 heteroatoms. The molecule has 1 aromatic carbocycles. The summed E-state index contributed by atoms with van der Waals surface area (Å²) in [7, 11) is 0. The molecule has 1 saturated heterocycles. The van der Waals surface area contributed by atoms with Gasteiger partial charge < -0.3 is 15.3 Å². The molecule has 2 aliphatic rings. The van der Waals surface area contributed by atoms with Gasteiger partial charge in [-0.25, -0.2) is 4.79 Å². The Hall–Kier alpha value is -2.04. The van der Waals surface area contributed by atoms with E-state index in [-0.39, 0.29) is 12.1 Å². The Morgan fingerprint density at radius 2 is 1.91 bits per heavy atom. The highest BCUT2D eigenvalue weighted by Gasteiger charge is 2.31. The predicted octanol–water partition coefficient (Wildman–Crippen LogP) is 3.13. The van der Waals surface area contributed by atoms with E-state index in [4.69, 9.17) is 5.11 Å². The summed E-state index contributed by atoms with van der Waals surface area (Å²) in [5.74, 6) is -0.724. The molecule has 1 heterocycles. The third-order valence-corrected chi connectivity index (χ3v) is 5.15. The van der Waals surface area contributed by atoms with Crippen molar-refractivity contribution in [2.75, 3.05) is 13.1 Å². The second kappa shape index (κ2) is 6.60. The van der Waals surface area contributed by atoms with Gasteiger partial charge in [0.05, 0.1) is 12.0 Å². The number of rotatable bonds is 2. The molecule has 2 amide bonds. The predicted molar refractivity (Wildman–Crippen MR) is 87.3 cm³/mol. The van der Waals surface area contributed by atoms with E-state index in [1.54, 1.807) is 4.90 Å². The fraction of sp³-hybridized carbons (Fsp3) is 0.556. The van der Waals surface area contributed by atoms with Crippen molar-refractivity contribution in [3.63, 3.8) is 0 Å². The van der Waals surface area contributed by atoms with Crippen LogP contribution in [-0.2, 0) is 4.79 Å². The Morgan fingerprint density at radius 3 is 2.65 bits per heavy atom. The standard InChI is InChI=1S/C18H24N2O3/c1-12-8-9-16(15-7-3-2-6-14(12)15)19-18(23)20-10-4-5-13(11-20)17(21)22/h2-3,6-7,12-13,16H,4-5,8-11H2,1H3,(H,19,23)(H,21,22). The van der Waals surface area contributed by atoms with Crippen LogP contribution in [0.1, 0.15) is 55.7 Å². The molecule has 1 aliphatic carbocycles. The fourth-order valence-electron chi connectivity index (χ4n) is 3.76. The smallest absolute Gasteiger partial charge is 0.317 e. The van der Waals surface area contributed by atoms with E-state index in [0.29, 0.717) is 25.4 Å². The average molecular weight is 316 g/mol. The summed E-state index contributed by atoms with van der Waals surface area (Å²) < 4.78 is 0. The Bertz CT molecular complexity index is 602. The Morgan fingerprint density at radius 1 is 1.17 bits per heavy atom. The molecule has 3 rings (SSSR count). The lowest BCUT2D eigenvalue weighted by Gasteiger charge is -2.35. The molecule has 0 saturated carbocycles. The number of urea groups is 1. The molecule has 2 N–H and O–H groups in total. The van der Waals surface area contributed by atoms with Gasteiger partial charge in [-0.2, -0.15) is 0 Å². The van der Waals surface area contributed by atoms with Crippen molar-refractivity contribution in [2.24, 2.45) is 5.92 Å². The van der Waals surface area contributed by atoms with Crippen molar-refractivity contribution < 1.29 is 14.7 Å². The van der Waals surface area contributed by atoms with Gasteiger partial charge >= 0.3 is 12.0 Å². The molecule has 0 spiro atoms. The molecule has 23 heavy (non-hydrogen) atoms. The minimum Gasteiger partial charge on any atom is -0.481 e. The van der Waals surface area contributed by atoms with Crippen LogP contribution in [0.5, 0.6) is 0 Å². The molecular formula is C18H24N2O3. The number of piperidine rings is 1. The molecule has 1 fully saturated rings. The topological polar surface area (TPSA) is 69.6 Å². The van der Waals surface area contributed by atoms with E-state index in [1.807, 2.05) is 12.1 Å². The van der Waals surface area contributed by atoms with Crippen LogP contribution in [-0.4, -0.2) is 35.1 Å². The van der Waals surface area contributed by atoms with Gasteiger partial charge in [-0.05, 0) is 42.7 Å². The van der Waals surface area contributed by atoms with Gasteiger partial charge in [0.25, 0.3) is 0 Å².